The van der Waals surface area contributed by atoms with Gasteiger partial charge in [0, 0.05) is 6.04 Å². The van der Waals surface area contributed by atoms with Gasteiger partial charge in [-0.05, 0) is 48.0 Å². The van der Waals surface area contributed by atoms with Crippen molar-refractivity contribution in [1.29, 1.82) is 0 Å². The number of carbonyl (C=O) groups excluding carboxylic acids is 1. The fourth-order valence-electron chi connectivity index (χ4n) is 1.66. The molecule has 0 unspecified atom stereocenters. The van der Waals surface area contributed by atoms with Crippen LogP contribution in [0.25, 0.3) is 0 Å². The van der Waals surface area contributed by atoms with Crippen molar-refractivity contribution in [3.05, 3.63) is 0 Å². The van der Waals surface area contributed by atoms with Crippen LogP contribution in [0.3, 0.4) is 0 Å². The maximum absolute atomic E-state index is 12.1. The monoisotopic (exact) mass is 273 g/mol. The summed E-state index contributed by atoms with van der Waals surface area (Å²) in [4.78, 5) is 12.1. The first-order valence-electron chi connectivity index (χ1n) is 7.26. The van der Waals surface area contributed by atoms with Crippen LogP contribution in [0.15, 0.2) is 0 Å². The second-order valence-electron chi connectivity index (χ2n) is 6.32. The van der Waals surface area contributed by atoms with Crippen LogP contribution >= 0.6 is 0 Å². The SMILES string of the molecule is CCC[C@H](N[C@H](C)COC(C)C)C(=O)OC(C)(C)C. The van der Waals surface area contributed by atoms with Gasteiger partial charge in [0.15, 0.2) is 0 Å². The largest absolute Gasteiger partial charge is 0.459 e. The predicted octanol–water partition coefficient (Wildman–Crippen LogP) is 2.90. The molecule has 0 spiro atoms. The molecule has 4 nitrogen and oxygen atoms in total. The third-order valence-corrected chi connectivity index (χ3v) is 2.43. The van der Waals surface area contributed by atoms with Gasteiger partial charge in [-0.2, -0.15) is 0 Å². The highest BCUT2D eigenvalue weighted by Gasteiger charge is 2.25. The second-order valence-corrected chi connectivity index (χ2v) is 6.32. The van der Waals surface area contributed by atoms with Crippen LogP contribution in [-0.2, 0) is 14.3 Å². The smallest absolute Gasteiger partial charge is 0.323 e. The number of hydrogen-bond donors (Lipinski definition) is 1. The van der Waals surface area contributed by atoms with Gasteiger partial charge in [0.1, 0.15) is 11.6 Å². The van der Waals surface area contributed by atoms with E-state index >= 15 is 0 Å². The van der Waals surface area contributed by atoms with Crippen molar-refractivity contribution in [2.75, 3.05) is 6.61 Å². The average Bonchev–Trinajstić information content (AvgIpc) is 2.23. The van der Waals surface area contributed by atoms with Gasteiger partial charge in [-0.15, -0.1) is 0 Å². The average molecular weight is 273 g/mol. The van der Waals surface area contributed by atoms with E-state index < -0.39 is 5.60 Å². The molecule has 0 aromatic carbocycles. The van der Waals surface area contributed by atoms with Gasteiger partial charge in [0.25, 0.3) is 0 Å². The molecule has 0 rings (SSSR count). The van der Waals surface area contributed by atoms with E-state index in [0.717, 1.165) is 12.8 Å². The molecule has 0 aliphatic rings. The van der Waals surface area contributed by atoms with Crippen LogP contribution in [0.1, 0.15) is 61.3 Å². The minimum Gasteiger partial charge on any atom is -0.459 e. The molecule has 0 aliphatic carbocycles. The van der Waals surface area contributed by atoms with E-state index in [1.54, 1.807) is 0 Å². The van der Waals surface area contributed by atoms with Gasteiger partial charge in [-0.3, -0.25) is 10.1 Å². The Hall–Kier alpha value is -0.610. The summed E-state index contributed by atoms with van der Waals surface area (Å²) in [6.45, 7) is 14.4. The molecule has 0 fully saturated rings. The molecule has 0 aromatic rings. The van der Waals surface area contributed by atoms with E-state index in [2.05, 4.69) is 12.2 Å². The van der Waals surface area contributed by atoms with E-state index in [0.29, 0.717) is 6.61 Å². The number of ether oxygens (including phenoxy) is 2. The highest BCUT2D eigenvalue weighted by atomic mass is 16.6. The van der Waals surface area contributed by atoms with Gasteiger partial charge in [0.2, 0.25) is 0 Å². The molecule has 0 bridgehead atoms. The van der Waals surface area contributed by atoms with Crippen LogP contribution in [0.2, 0.25) is 0 Å². The lowest BCUT2D eigenvalue weighted by Gasteiger charge is -2.26. The van der Waals surface area contributed by atoms with Crippen molar-refractivity contribution >= 4 is 5.97 Å². The van der Waals surface area contributed by atoms with Gasteiger partial charge in [-0.1, -0.05) is 13.3 Å². The minimum absolute atomic E-state index is 0.131. The minimum atomic E-state index is -0.442. The highest BCUT2D eigenvalue weighted by molar-refractivity contribution is 5.76. The van der Waals surface area contributed by atoms with E-state index in [9.17, 15) is 4.79 Å². The van der Waals surface area contributed by atoms with Crippen molar-refractivity contribution in [2.24, 2.45) is 0 Å². The van der Waals surface area contributed by atoms with Crippen molar-refractivity contribution in [3.63, 3.8) is 0 Å². The van der Waals surface area contributed by atoms with Gasteiger partial charge < -0.3 is 9.47 Å². The summed E-state index contributed by atoms with van der Waals surface area (Å²) in [5, 5.41) is 3.30. The van der Waals surface area contributed by atoms with E-state index in [1.165, 1.54) is 0 Å². The van der Waals surface area contributed by atoms with Crippen LogP contribution in [-0.4, -0.2) is 36.4 Å². The summed E-state index contributed by atoms with van der Waals surface area (Å²) in [6.07, 6.45) is 1.92. The molecule has 1 N–H and O–H groups in total. The molecule has 0 saturated carbocycles. The van der Waals surface area contributed by atoms with Crippen molar-refractivity contribution < 1.29 is 14.3 Å². The topological polar surface area (TPSA) is 47.6 Å². The number of nitrogens with one attached hydrogen (secondary N) is 1. The lowest BCUT2D eigenvalue weighted by atomic mass is 10.1. The molecular weight excluding hydrogens is 242 g/mol. The van der Waals surface area contributed by atoms with E-state index in [4.69, 9.17) is 9.47 Å². The lowest BCUT2D eigenvalue weighted by molar-refractivity contribution is -0.158. The number of esters is 1. The van der Waals surface area contributed by atoms with Crippen LogP contribution < -0.4 is 5.32 Å². The van der Waals surface area contributed by atoms with E-state index in [-0.39, 0.29) is 24.2 Å². The van der Waals surface area contributed by atoms with Gasteiger partial charge >= 0.3 is 5.97 Å². The van der Waals surface area contributed by atoms with Gasteiger partial charge in [0.05, 0.1) is 12.7 Å². The molecule has 19 heavy (non-hydrogen) atoms. The summed E-state index contributed by atoms with van der Waals surface area (Å²) >= 11 is 0. The standard InChI is InChI=1S/C15H31NO3/c1-8-9-13(14(17)19-15(5,6)7)16-12(4)10-18-11(2)3/h11-13,16H,8-10H2,1-7H3/t12-,13+/m1/s1. The van der Waals surface area contributed by atoms with Gasteiger partial charge in [-0.25, -0.2) is 0 Å². The first-order chi connectivity index (χ1) is 8.65. The Bertz CT molecular complexity index is 259. The Morgan fingerprint density at radius 3 is 2.21 bits per heavy atom. The first-order valence-corrected chi connectivity index (χ1v) is 7.26. The number of rotatable bonds is 8. The maximum atomic E-state index is 12.1. The number of carbonyl (C=O) groups is 1. The molecular formula is C15H31NO3. The Kier molecular flexibility index (Phi) is 8.26. The van der Waals surface area contributed by atoms with Crippen LogP contribution in [0, 0.1) is 0 Å². The molecule has 2 atom stereocenters. The summed E-state index contributed by atoms with van der Waals surface area (Å²) in [7, 11) is 0. The molecule has 0 radical (unpaired) electrons. The third-order valence-electron chi connectivity index (χ3n) is 2.43. The van der Waals surface area contributed by atoms with Crippen LogP contribution in [0.5, 0.6) is 0 Å². The molecule has 0 saturated heterocycles. The molecule has 4 heteroatoms. The molecule has 114 valence electrons. The molecule has 0 aliphatic heterocycles. The first kappa shape index (κ1) is 18.4. The van der Waals surface area contributed by atoms with Crippen molar-refractivity contribution in [2.45, 2.75) is 85.1 Å². The number of hydrogen-bond acceptors (Lipinski definition) is 4. The van der Waals surface area contributed by atoms with Crippen molar-refractivity contribution in [3.8, 4) is 0 Å². The van der Waals surface area contributed by atoms with E-state index in [1.807, 2.05) is 41.5 Å². The molecule has 0 amide bonds. The maximum Gasteiger partial charge on any atom is 0.323 e. The summed E-state index contributed by atoms with van der Waals surface area (Å²) < 4.78 is 11.0. The zero-order valence-corrected chi connectivity index (χ0v) is 13.6. The van der Waals surface area contributed by atoms with Crippen LogP contribution in [0.4, 0.5) is 0 Å². The predicted molar refractivity (Wildman–Crippen MR) is 78.2 cm³/mol. The van der Waals surface area contributed by atoms with Crippen molar-refractivity contribution in [1.82, 2.24) is 5.32 Å². The summed E-state index contributed by atoms with van der Waals surface area (Å²) in [5.74, 6) is -0.175. The Morgan fingerprint density at radius 2 is 1.79 bits per heavy atom. The second kappa shape index (κ2) is 8.54. The Labute approximate surface area is 118 Å². The molecule has 0 aromatic heterocycles. The lowest BCUT2D eigenvalue weighted by Crippen LogP contribution is -2.46. The fourth-order valence-corrected chi connectivity index (χ4v) is 1.66. The third kappa shape index (κ3) is 9.91. The fraction of sp³-hybridized carbons (Fsp3) is 0.933. The normalized spacial score (nSPS) is 15.4. The quantitative estimate of drug-likeness (QED) is 0.691. The zero-order valence-electron chi connectivity index (χ0n) is 13.6. The highest BCUT2D eigenvalue weighted by Crippen LogP contribution is 2.11. The summed E-state index contributed by atoms with van der Waals surface area (Å²) in [6, 6.07) is -0.124. The Morgan fingerprint density at radius 1 is 1.21 bits per heavy atom. The zero-order chi connectivity index (χ0) is 15.1. The Balaban J connectivity index is 4.35. The summed E-state index contributed by atoms with van der Waals surface area (Å²) in [5.41, 5.74) is -0.442. The molecule has 0 heterocycles.